The summed E-state index contributed by atoms with van der Waals surface area (Å²) in [6.45, 7) is 0.787. The van der Waals surface area contributed by atoms with Crippen LogP contribution in [-0.4, -0.2) is 28.5 Å². The van der Waals surface area contributed by atoms with Gasteiger partial charge in [0, 0.05) is 18.7 Å². The number of anilines is 1. The van der Waals surface area contributed by atoms with Crippen LogP contribution in [0.2, 0.25) is 0 Å². The molecule has 6 nitrogen and oxygen atoms in total. The standard InChI is InChI=1S/C12H15N3O3S/c1-19-7-3-2-6-13-12-14-10-8-9(15(16)17)4-5-11(10)18-12/h4-5,8H,2-3,6-7H2,1H3,(H,13,14). The maximum atomic E-state index is 10.7. The number of nitrogens with zero attached hydrogens (tertiary/aromatic N) is 2. The molecule has 0 aliphatic heterocycles. The van der Waals surface area contributed by atoms with Crippen LogP contribution in [0.5, 0.6) is 0 Å². The number of nitro groups is 1. The van der Waals surface area contributed by atoms with Crippen molar-refractivity contribution in [3.05, 3.63) is 28.3 Å². The van der Waals surface area contributed by atoms with Gasteiger partial charge in [0.05, 0.1) is 4.92 Å². The molecule has 0 aliphatic rings. The lowest BCUT2D eigenvalue weighted by Crippen LogP contribution is -2.01. The lowest BCUT2D eigenvalue weighted by Gasteiger charge is -1.99. The molecule has 1 aromatic heterocycles. The molecule has 0 unspecified atom stereocenters. The first-order valence-corrected chi connectivity index (χ1v) is 7.38. The number of hydrogen-bond acceptors (Lipinski definition) is 6. The molecule has 2 aromatic rings. The van der Waals surface area contributed by atoms with Gasteiger partial charge in [0.2, 0.25) is 0 Å². The van der Waals surface area contributed by atoms with Gasteiger partial charge in [-0.25, -0.2) is 0 Å². The number of unbranched alkanes of at least 4 members (excludes halogenated alkanes) is 1. The minimum Gasteiger partial charge on any atom is -0.424 e. The average Bonchev–Trinajstić information content (AvgIpc) is 2.80. The fraction of sp³-hybridized carbons (Fsp3) is 0.417. The van der Waals surface area contributed by atoms with Crippen molar-refractivity contribution in [2.75, 3.05) is 23.9 Å². The molecule has 1 aromatic carbocycles. The van der Waals surface area contributed by atoms with E-state index in [1.807, 2.05) is 11.8 Å². The Morgan fingerprint density at radius 3 is 3.05 bits per heavy atom. The van der Waals surface area contributed by atoms with Gasteiger partial charge >= 0.3 is 0 Å². The first-order chi connectivity index (χ1) is 9.20. The van der Waals surface area contributed by atoms with Gasteiger partial charge in [0.1, 0.15) is 5.52 Å². The van der Waals surface area contributed by atoms with Gasteiger partial charge in [-0.1, -0.05) is 0 Å². The first kappa shape index (κ1) is 13.7. The molecule has 19 heavy (non-hydrogen) atoms. The Morgan fingerprint density at radius 1 is 1.47 bits per heavy atom. The zero-order chi connectivity index (χ0) is 13.7. The normalized spacial score (nSPS) is 10.8. The molecule has 0 saturated heterocycles. The quantitative estimate of drug-likeness (QED) is 0.476. The van der Waals surface area contributed by atoms with Crippen molar-refractivity contribution in [1.82, 2.24) is 4.98 Å². The van der Waals surface area contributed by atoms with Crippen molar-refractivity contribution in [1.29, 1.82) is 0 Å². The van der Waals surface area contributed by atoms with E-state index in [1.54, 1.807) is 6.07 Å². The van der Waals surface area contributed by atoms with Crippen LogP contribution in [0.4, 0.5) is 11.7 Å². The van der Waals surface area contributed by atoms with E-state index in [0.29, 0.717) is 17.1 Å². The summed E-state index contributed by atoms with van der Waals surface area (Å²) < 4.78 is 5.46. The summed E-state index contributed by atoms with van der Waals surface area (Å²) in [6.07, 6.45) is 4.26. The van der Waals surface area contributed by atoms with E-state index in [2.05, 4.69) is 16.6 Å². The molecule has 0 saturated carbocycles. The van der Waals surface area contributed by atoms with E-state index in [1.165, 1.54) is 12.1 Å². The van der Waals surface area contributed by atoms with Crippen molar-refractivity contribution in [3.63, 3.8) is 0 Å². The molecule has 0 spiro atoms. The Balaban J connectivity index is 1.99. The highest BCUT2D eigenvalue weighted by Crippen LogP contribution is 2.23. The highest BCUT2D eigenvalue weighted by Gasteiger charge is 2.11. The number of benzene rings is 1. The number of nitro benzene ring substituents is 1. The molecule has 102 valence electrons. The van der Waals surface area contributed by atoms with E-state index >= 15 is 0 Å². The largest absolute Gasteiger partial charge is 0.424 e. The highest BCUT2D eigenvalue weighted by atomic mass is 32.2. The number of rotatable bonds is 7. The topological polar surface area (TPSA) is 81.2 Å². The zero-order valence-electron chi connectivity index (χ0n) is 10.6. The number of oxazole rings is 1. The molecule has 0 atom stereocenters. The summed E-state index contributed by atoms with van der Waals surface area (Å²) in [4.78, 5) is 14.4. The molecule has 0 amide bonds. The predicted molar refractivity (Wildman–Crippen MR) is 76.8 cm³/mol. The maximum Gasteiger partial charge on any atom is 0.295 e. The van der Waals surface area contributed by atoms with E-state index in [0.717, 1.165) is 25.1 Å². The van der Waals surface area contributed by atoms with E-state index < -0.39 is 4.92 Å². The van der Waals surface area contributed by atoms with Crippen LogP contribution in [0.3, 0.4) is 0 Å². The third-order valence-electron chi connectivity index (χ3n) is 2.63. The summed E-state index contributed by atoms with van der Waals surface area (Å²) in [5.74, 6) is 1.14. The summed E-state index contributed by atoms with van der Waals surface area (Å²) in [5, 5.41) is 13.7. The predicted octanol–water partition coefficient (Wildman–Crippen LogP) is 3.29. The molecular weight excluding hydrogens is 266 g/mol. The van der Waals surface area contributed by atoms with Gasteiger partial charge in [0.25, 0.3) is 11.7 Å². The van der Waals surface area contributed by atoms with Crippen molar-refractivity contribution >= 4 is 34.6 Å². The third kappa shape index (κ3) is 3.60. The second-order valence-electron chi connectivity index (χ2n) is 4.05. The minimum absolute atomic E-state index is 0.0207. The number of aromatic nitrogens is 1. The second-order valence-corrected chi connectivity index (χ2v) is 5.04. The molecule has 0 fully saturated rings. The lowest BCUT2D eigenvalue weighted by atomic mass is 10.3. The van der Waals surface area contributed by atoms with Crippen molar-refractivity contribution in [3.8, 4) is 0 Å². The molecule has 1 heterocycles. The van der Waals surface area contributed by atoms with Gasteiger partial charge in [0.15, 0.2) is 5.58 Å². The Morgan fingerprint density at radius 2 is 2.32 bits per heavy atom. The fourth-order valence-electron chi connectivity index (χ4n) is 1.67. The molecule has 1 N–H and O–H groups in total. The number of thioether (sulfide) groups is 1. The molecule has 2 rings (SSSR count). The Bertz CT molecular complexity index is 570. The van der Waals surface area contributed by atoms with Crippen molar-refractivity contribution in [2.24, 2.45) is 0 Å². The van der Waals surface area contributed by atoms with Crippen LogP contribution in [0.1, 0.15) is 12.8 Å². The van der Waals surface area contributed by atoms with Gasteiger partial charge in [-0.2, -0.15) is 16.7 Å². The first-order valence-electron chi connectivity index (χ1n) is 5.98. The molecular formula is C12H15N3O3S. The monoisotopic (exact) mass is 281 g/mol. The Kier molecular flexibility index (Phi) is 4.62. The molecule has 0 bridgehead atoms. The zero-order valence-corrected chi connectivity index (χ0v) is 11.4. The van der Waals surface area contributed by atoms with Gasteiger partial charge < -0.3 is 9.73 Å². The van der Waals surface area contributed by atoms with Crippen LogP contribution in [-0.2, 0) is 0 Å². The van der Waals surface area contributed by atoms with Crippen molar-refractivity contribution < 1.29 is 9.34 Å². The molecule has 7 heteroatoms. The third-order valence-corrected chi connectivity index (χ3v) is 3.33. The van der Waals surface area contributed by atoms with Crippen LogP contribution in [0.25, 0.3) is 11.1 Å². The maximum absolute atomic E-state index is 10.7. The number of fused-ring (bicyclic) bond motifs is 1. The number of non-ortho nitro benzene ring substituents is 1. The average molecular weight is 281 g/mol. The number of nitrogens with one attached hydrogen (secondary N) is 1. The fourth-order valence-corrected chi connectivity index (χ4v) is 2.16. The van der Waals surface area contributed by atoms with Crippen LogP contribution >= 0.6 is 11.8 Å². The summed E-state index contributed by atoms with van der Waals surface area (Å²) >= 11 is 1.83. The van der Waals surface area contributed by atoms with E-state index in [-0.39, 0.29) is 5.69 Å². The highest BCUT2D eigenvalue weighted by molar-refractivity contribution is 7.98. The summed E-state index contributed by atoms with van der Waals surface area (Å²) in [6, 6.07) is 4.81. The van der Waals surface area contributed by atoms with Crippen LogP contribution in [0.15, 0.2) is 22.6 Å². The smallest absolute Gasteiger partial charge is 0.295 e. The lowest BCUT2D eigenvalue weighted by molar-refractivity contribution is -0.384. The molecule has 0 radical (unpaired) electrons. The summed E-state index contributed by atoms with van der Waals surface area (Å²) in [7, 11) is 0. The van der Waals surface area contributed by atoms with Crippen LogP contribution in [0, 0.1) is 10.1 Å². The second kappa shape index (κ2) is 6.42. The molecule has 0 aliphatic carbocycles. The van der Waals surface area contributed by atoms with Gasteiger partial charge in [-0.3, -0.25) is 10.1 Å². The van der Waals surface area contributed by atoms with E-state index in [4.69, 9.17) is 4.42 Å². The SMILES string of the molecule is CSCCCCNc1nc2cc([N+](=O)[O-])ccc2o1. The number of hydrogen-bond donors (Lipinski definition) is 1. The van der Waals surface area contributed by atoms with E-state index in [9.17, 15) is 10.1 Å². The van der Waals surface area contributed by atoms with Crippen molar-refractivity contribution in [2.45, 2.75) is 12.8 Å². The Labute approximate surface area is 114 Å². The van der Waals surface area contributed by atoms with Crippen LogP contribution < -0.4 is 5.32 Å². The Hall–Kier alpha value is -1.76. The summed E-state index contributed by atoms with van der Waals surface area (Å²) in [5.41, 5.74) is 1.07. The minimum atomic E-state index is -0.441. The van der Waals surface area contributed by atoms with Gasteiger partial charge in [-0.05, 0) is 30.9 Å². The van der Waals surface area contributed by atoms with Gasteiger partial charge in [-0.15, -0.1) is 0 Å².